The van der Waals surface area contributed by atoms with Crippen LogP contribution in [0.15, 0.2) is 5.16 Å². The zero-order valence-corrected chi connectivity index (χ0v) is 8.90. The second-order valence-corrected chi connectivity index (χ2v) is 9.03. The van der Waals surface area contributed by atoms with Crippen LogP contribution in [-0.4, -0.2) is 13.2 Å². The van der Waals surface area contributed by atoms with Crippen LogP contribution in [0.25, 0.3) is 0 Å². The van der Waals surface area contributed by atoms with Crippen molar-refractivity contribution in [3.8, 4) is 0 Å². The fourth-order valence-corrected chi connectivity index (χ4v) is 0.756. The summed E-state index contributed by atoms with van der Waals surface area (Å²) in [6.45, 7) is 7.98. The predicted octanol–water partition coefficient (Wildman–Crippen LogP) is 2.42. The standard InChI is InChI=1S/C6H15NOSSi/c1-5-6(2)7-8-10(3,4)9/h9H,5H2,1-4H3. The summed E-state index contributed by atoms with van der Waals surface area (Å²) in [5.41, 5.74) is 1.02. The number of thiol groups is 1. The maximum absolute atomic E-state index is 5.17. The summed E-state index contributed by atoms with van der Waals surface area (Å²) in [6, 6.07) is 0. The van der Waals surface area contributed by atoms with Gasteiger partial charge in [-0.2, -0.15) is 12.1 Å². The highest BCUT2D eigenvalue weighted by atomic mass is 32.3. The van der Waals surface area contributed by atoms with E-state index in [1.807, 2.05) is 20.0 Å². The number of nitrogens with zero attached hydrogens (tertiary/aromatic N) is 1. The Hall–Kier alpha value is 0.0369. The molecule has 0 aromatic heterocycles. The van der Waals surface area contributed by atoms with E-state index in [2.05, 4.69) is 24.2 Å². The smallest absolute Gasteiger partial charge is 0.338 e. The van der Waals surface area contributed by atoms with Crippen molar-refractivity contribution in [1.82, 2.24) is 0 Å². The molecule has 60 valence electrons. The lowest BCUT2D eigenvalue weighted by atomic mass is 10.3. The molecule has 0 aliphatic carbocycles. The van der Waals surface area contributed by atoms with Crippen molar-refractivity contribution in [2.75, 3.05) is 0 Å². The van der Waals surface area contributed by atoms with E-state index in [0.717, 1.165) is 12.1 Å². The minimum atomic E-state index is -1.73. The summed E-state index contributed by atoms with van der Waals surface area (Å²) in [7, 11) is -1.73. The van der Waals surface area contributed by atoms with Crippen LogP contribution in [0.3, 0.4) is 0 Å². The number of rotatable bonds is 3. The van der Waals surface area contributed by atoms with Crippen molar-refractivity contribution in [2.24, 2.45) is 5.16 Å². The van der Waals surface area contributed by atoms with Gasteiger partial charge in [0.1, 0.15) is 0 Å². The molecule has 10 heavy (non-hydrogen) atoms. The Kier molecular flexibility index (Phi) is 4.04. The molecule has 0 aromatic rings. The minimum Gasteiger partial charge on any atom is -0.443 e. The first-order valence-corrected chi connectivity index (χ1v) is 7.59. The Morgan fingerprint density at radius 2 is 2.10 bits per heavy atom. The van der Waals surface area contributed by atoms with Crippen LogP contribution in [0.2, 0.25) is 13.1 Å². The van der Waals surface area contributed by atoms with Gasteiger partial charge >= 0.3 is 7.47 Å². The molecule has 0 unspecified atom stereocenters. The number of hydrogen-bond acceptors (Lipinski definition) is 3. The number of hydrogen-bond donors (Lipinski definition) is 1. The molecule has 0 saturated heterocycles. The third-order valence-electron chi connectivity index (χ3n) is 0.937. The van der Waals surface area contributed by atoms with Gasteiger partial charge in [0.2, 0.25) is 0 Å². The summed E-state index contributed by atoms with van der Waals surface area (Å²) < 4.78 is 5.17. The monoisotopic (exact) mass is 177 g/mol. The summed E-state index contributed by atoms with van der Waals surface area (Å²) in [4.78, 5) is 0. The zero-order chi connectivity index (χ0) is 8.20. The molecule has 2 nitrogen and oxygen atoms in total. The molecule has 0 saturated carbocycles. The Morgan fingerprint density at radius 3 is 2.40 bits per heavy atom. The third kappa shape index (κ3) is 6.16. The fourth-order valence-electron chi connectivity index (χ4n) is 0.254. The average Bonchev–Trinajstić information content (AvgIpc) is 1.81. The van der Waals surface area contributed by atoms with Crippen molar-refractivity contribution in [1.29, 1.82) is 0 Å². The van der Waals surface area contributed by atoms with Crippen LogP contribution in [0.5, 0.6) is 0 Å². The zero-order valence-electron chi connectivity index (χ0n) is 7.01. The van der Waals surface area contributed by atoms with Crippen molar-refractivity contribution in [2.45, 2.75) is 33.4 Å². The molecule has 0 N–H and O–H groups in total. The van der Waals surface area contributed by atoms with E-state index >= 15 is 0 Å². The third-order valence-corrected chi connectivity index (χ3v) is 1.72. The van der Waals surface area contributed by atoms with Crippen molar-refractivity contribution in [3.63, 3.8) is 0 Å². The van der Waals surface area contributed by atoms with Gasteiger partial charge in [-0.15, -0.1) is 5.16 Å². The molecular weight excluding hydrogens is 162 g/mol. The lowest BCUT2D eigenvalue weighted by Crippen LogP contribution is -2.19. The van der Waals surface area contributed by atoms with E-state index in [-0.39, 0.29) is 0 Å². The maximum atomic E-state index is 5.17. The van der Waals surface area contributed by atoms with Crippen LogP contribution >= 0.6 is 12.1 Å². The SMILES string of the molecule is CCC(C)=NO[Si](C)(C)S. The molecule has 0 spiro atoms. The van der Waals surface area contributed by atoms with Gasteiger partial charge in [-0.1, -0.05) is 6.92 Å². The molecule has 0 aliphatic heterocycles. The van der Waals surface area contributed by atoms with Gasteiger partial charge < -0.3 is 4.53 Å². The van der Waals surface area contributed by atoms with E-state index in [1.165, 1.54) is 0 Å². The highest BCUT2D eigenvalue weighted by molar-refractivity contribution is 8.13. The van der Waals surface area contributed by atoms with E-state index in [1.54, 1.807) is 0 Å². The molecule has 0 aliphatic rings. The van der Waals surface area contributed by atoms with Crippen LogP contribution in [-0.2, 0) is 4.53 Å². The fraction of sp³-hybridized carbons (Fsp3) is 0.833. The Bertz CT molecular complexity index is 130. The molecule has 0 amide bonds. The van der Waals surface area contributed by atoms with E-state index in [0.29, 0.717) is 0 Å². The molecule has 0 fully saturated rings. The van der Waals surface area contributed by atoms with Crippen LogP contribution in [0.1, 0.15) is 20.3 Å². The average molecular weight is 177 g/mol. The first-order valence-electron chi connectivity index (χ1n) is 3.39. The van der Waals surface area contributed by atoms with Crippen LogP contribution in [0, 0.1) is 0 Å². The Balaban J connectivity index is 3.73. The second kappa shape index (κ2) is 4.03. The molecule has 0 rings (SSSR count). The molecule has 0 atom stereocenters. The molecule has 0 radical (unpaired) electrons. The predicted molar refractivity (Wildman–Crippen MR) is 51.0 cm³/mol. The van der Waals surface area contributed by atoms with Crippen molar-refractivity contribution in [3.05, 3.63) is 0 Å². The van der Waals surface area contributed by atoms with Crippen molar-refractivity contribution < 1.29 is 4.53 Å². The van der Waals surface area contributed by atoms with Gasteiger partial charge in [0.25, 0.3) is 0 Å². The van der Waals surface area contributed by atoms with Gasteiger partial charge in [0.15, 0.2) is 0 Å². The minimum absolute atomic E-state index is 0.943. The van der Waals surface area contributed by atoms with Crippen LogP contribution < -0.4 is 0 Å². The van der Waals surface area contributed by atoms with Gasteiger partial charge in [0, 0.05) is 0 Å². The summed E-state index contributed by atoms with van der Waals surface area (Å²) >= 11 is 4.28. The lowest BCUT2D eigenvalue weighted by Gasteiger charge is -2.11. The topological polar surface area (TPSA) is 21.6 Å². The summed E-state index contributed by atoms with van der Waals surface area (Å²) in [5.74, 6) is 0. The van der Waals surface area contributed by atoms with Gasteiger partial charge in [-0.05, 0) is 26.4 Å². The normalized spacial score (nSPS) is 13.5. The molecule has 4 heteroatoms. The Morgan fingerprint density at radius 1 is 1.60 bits per heavy atom. The second-order valence-electron chi connectivity index (χ2n) is 2.72. The molecular formula is C6H15NOSSi. The first-order chi connectivity index (χ1) is 4.45. The Labute approximate surface area is 68.8 Å². The van der Waals surface area contributed by atoms with E-state index in [9.17, 15) is 0 Å². The van der Waals surface area contributed by atoms with Gasteiger partial charge in [-0.25, -0.2) is 0 Å². The highest BCUT2D eigenvalue weighted by Crippen LogP contribution is 2.08. The van der Waals surface area contributed by atoms with Gasteiger partial charge in [-0.3, -0.25) is 0 Å². The van der Waals surface area contributed by atoms with Crippen molar-refractivity contribution >= 4 is 25.3 Å². The maximum Gasteiger partial charge on any atom is 0.338 e. The van der Waals surface area contributed by atoms with E-state index < -0.39 is 7.47 Å². The summed E-state index contributed by atoms with van der Waals surface area (Å²) in [6.07, 6.45) is 0.943. The molecule has 0 bridgehead atoms. The quantitative estimate of drug-likeness (QED) is 0.304. The van der Waals surface area contributed by atoms with Crippen LogP contribution in [0.4, 0.5) is 0 Å². The first kappa shape index (κ1) is 10.0. The van der Waals surface area contributed by atoms with E-state index in [4.69, 9.17) is 4.53 Å². The molecule has 0 heterocycles. The summed E-state index contributed by atoms with van der Waals surface area (Å²) in [5, 5.41) is 3.92. The molecule has 0 aromatic carbocycles. The largest absolute Gasteiger partial charge is 0.443 e. The highest BCUT2D eigenvalue weighted by Gasteiger charge is 2.17. The lowest BCUT2D eigenvalue weighted by molar-refractivity contribution is 0.345. The van der Waals surface area contributed by atoms with Gasteiger partial charge in [0.05, 0.1) is 5.71 Å². The number of oxime groups is 1.